The van der Waals surface area contributed by atoms with Crippen LogP contribution in [0.3, 0.4) is 0 Å². The van der Waals surface area contributed by atoms with Gasteiger partial charge in [-0.2, -0.15) is 0 Å². The van der Waals surface area contributed by atoms with Crippen molar-refractivity contribution < 1.29 is 4.79 Å². The lowest BCUT2D eigenvalue weighted by molar-refractivity contribution is -0.126. The molecule has 0 atom stereocenters. The fourth-order valence-electron chi connectivity index (χ4n) is 5.50. The van der Waals surface area contributed by atoms with E-state index in [4.69, 9.17) is 0 Å². The van der Waals surface area contributed by atoms with Crippen LogP contribution in [0.2, 0.25) is 0 Å². The van der Waals surface area contributed by atoms with Crippen LogP contribution in [0, 0.1) is 5.92 Å². The number of anilines is 1. The van der Waals surface area contributed by atoms with Crippen molar-refractivity contribution in [1.82, 2.24) is 19.7 Å². The summed E-state index contributed by atoms with van der Waals surface area (Å²) in [5.41, 5.74) is 3.98. The predicted molar refractivity (Wildman–Crippen MR) is 139 cm³/mol. The van der Waals surface area contributed by atoms with Crippen LogP contribution in [0.15, 0.2) is 60.8 Å². The van der Waals surface area contributed by atoms with Crippen LogP contribution >= 0.6 is 0 Å². The number of para-hydroxylation sites is 2. The Kier molecular flexibility index (Phi) is 7.16. The van der Waals surface area contributed by atoms with Crippen LogP contribution in [-0.2, 0) is 18.4 Å². The highest BCUT2D eigenvalue weighted by Crippen LogP contribution is 2.24. The Morgan fingerprint density at radius 3 is 2.35 bits per heavy atom. The van der Waals surface area contributed by atoms with E-state index in [1.807, 2.05) is 0 Å². The van der Waals surface area contributed by atoms with E-state index in [1.54, 1.807) is 0 Å². The van der Waals surface area contributed by atoms with Crippen molar-refractivity contribution in [3.8, 4) is 0 Å². The van der Waals surface area contributed by atoms with Gasteiger partial charge in [-0.05, 0) is 49.7 Å². The number of aryl methyl sites for hydroxylation is 1. The van der Waals surface area contributed by atoms with E-state index >= 15 is 0 Å². The molecule has 6 heteroatoms. The molecule has 3 heterocycles. The number of benzene rings is 2. The maximum absolute atomic E-state index is 12.8. The molecule has 3 aromatic rings. The van der Waals surface area contributed by atoms with Crippen molar-refractivity contribution in [1.29, 1.82) is 0 Å². The van der Waals surface area contributed by atoms with Crippen molar-refractivity contribution in [2.75, 3.05) is 57.3 Å². The molecule has 2 aliphatic heterocycles. The highest BCUT2D eigenvalue weighted by Gasteiger charge is 2.25. The standard InChI is InChI=1S/C28H37N5O/c1-30-21-24(26-9-5-6-10-27(26)30)22-32-14-11-23(12-15-32)28(34)29-13-16-31-17-19-33(20-18-31)25-7-3-2-4-8-25/h2-10,21,23H,11-20,22H2,1H3,(H,29,34). The number of likely N-dealkylation sites (tertiary alicyclic amines) is 1. The minimum atomic E-state index is 0.152. The van der Waals surface area contributed by atoms with Crippen molar-refractivity contribution in [2.24, 2.45) is 13.0 Å². The summed E-state index contributed by atoms with van der Waals surface area (Å²) in [6.07, 6.45) is 4.15. The fourth-order valence-corrected chi connectivity index (χ4v) is 5.50. The number of piperazine rings is 1. The predicted octanol–water partition coefficient (Wildman–Crippen LogP) is 3.33. The summed E-state index contributed by atoms with van der Waals surface area (Å²) in [4.78, 5) is 20.2. The molecule has 1 N–H and O–H groups in total. The second kappa shape index (κ2) is 10.6. The number of carbonyl (C=O) groups excluding carboxylic acids is 1. The third-order valence-electron chi connectivity index (χ3n) is 7.55. The molecule has 1 aromatic heterocycles. The molecule has 2 saturated heterocycles. The van der Waals surface area contributed by atoms with Crippen LogP contribution in [-0.4, -0.2) is 72.6 Å². The topological polar surface area (TPSA) is 43.8 Å². The first-order valence-corrected chi connectivity index (χ1v) is 12.7. The zero-order chi connectivity index (χ0) is 23.3. The van der Waals surface area contributed by atoms with Gasteiger partial charge in [0.05, 0.1) is 0 Å². The minimum absolute atomic E-state index is 0.152. The number of hydrogen-bond acceptors (Lipinski definition) is 4. The molecule has 0 unspecified atom stereocenters. The van der Waals surface area contributed by atoms with E-state index in [9.17, 15) is 4.79 Å². The van der Waals surface area contributed by atoms with Crippen LogP contribution < -0.4 is 10.2 Å². The number of rotatable bonds is 7. The Bertz CT molecular complexity index is 1080. The second-order valence-electron chi connectivity index (χ2n) is 9.79. The summed E-state index contributed by atoms with van der Waals surface area (Å²) in [5.74, 6) is 0.395. The number of amides is 1. The van der Waals surface area contributed by atoms with Gasteiger partial charge >= 0.3 is 0 Å². The SMILES string of the molecule is Cn1cc(CN2CCC(C(=O)NCCN3CCN(c4ccccc4)CC3)CC2)c2ccccc21. The summed E-state index contributed by atoms with van der Waals surface area (Å²) in [6.45, 7) is 8.83. The second-order valence-corrected chi connectivity index (χ2v) is 9.79. The molecule has 1 amide bonds. The van der Waals surface area contributed by atoms with Crippen molar-refractivity contribution >= 4 is 22.5 Å². The molecule has 180 valence electrons. The van der Waals surface area contributed by atoms with E-state index in [0.29, 0.717) is 0 Å². The number of nitrogens with zero attached hydrogens (tertiary/aromatic N) is 4. The molecule has 0 radical (unpaired) electrons. The number of piperidine rings is 1. The molecule has 34 heavy (non-hydrogen) atoms. The average molecular weight is 460 g/mol. The van der Waals surface area contributed by atoms with Gasteiger partial charge in [0.25, 0.3) is 0 Å². The first-order chi connectivity index (χ1) is 16.7. The fraction of sp³-hybridized carbons (Fsp3) is 0.464. The lowest BCUT2D eigenvalue weighted by Crippen LogP contribution is -2.49. The van der Waals surface area contributed by atoms with Crippen LogP contribution in [0.25, 0.3) is 10.9 Å². The molecule has 5 rings (SSSR count). The minimum Gasteiger partial charge on any atom is -0.369 e. The summed E-state index contributed by atoms with van der Waals surface area (Å²) < 4.78 is 2.21. The average Bonchev–Trinajstić information content (AvgIpc) is 3.20. The highest BCUT2D eigenvalue weighted by molar-refractivity contribution is 5.83. The Labute approximate surface area is 203 Å². The Hall–Kier alpha value is -2.83. The Morgan fingerprint density at radius 2 is 1.59 bits per heavy atom. The summed E-state index contributed by atoms with van der Waals surface area (Å²) >= 11 is 0. The molecular formula is C28H37N5O. The quantitative estimate of drug-likeness (QED) is 0.589. The molecule has 2 fully saturated rings. The zero-order valence-corrected chi connectivity index (χ0v) is 20.3. The van der Waals surface area contributed by atoms with E-state index in [2.05, 4.69) is 92.4 Å². The first-order valence-electron chi connectivity index (χ1n) is 12.7. The maximum Gasteiger partial charge on any atom is 0.223 e. The molecular weight excluding hydrogens is 422 g/mol. The number of nitrogens with one attached hydrogen (secondary N) is 1. The zero-order valence-electron chi connectivity index (χ0n) is 20.3. The summed E-state index contributed by atoms with van der Waals surface area (Å²) in [7, 11) is 2.12. The van der Waals surface area contributed by atoms with Gasteiger partial charge in [0.15, 0.2) is 0 Å². The molecule has 0 spiro atoms. The van der Waals surface area contributed by atoms with Crippen molar-refractivity contribution in [3.63, 3.8) is 0 Å². The first kappa shape index (κ1) is 22.9. The van der Waals surface area contributed by atoms with Crippen LogP contribution in [0.1, 0.15) is 18.4 Å². The molecule has 0 aliphatic carbocycles. The monoisotopic (exact) mass is 459 g/mol. The molecule has 0 bridgehead atoms. The third kappa shape index (κ3) is 5.29. The smallest absolute Gasteiger partial charge is 0.223 e. The van der Waals surface area contributed by atoms with E-state index in [0.717, 1.165) is 71.7 Å². The van der Waals surface area contributed by atoms with Crippen LogP contribution in [0.5, 0.6) is 0 Å². The molecule has 2 aliphatic rings. The van der Waals surface area contributed by atoms with Gasteiger partial charge in [0.1, 0.15) is 0 Å². The Balaban J connectivity index is 1.01. The van der Waals surface area contributed by atoms with Gasteiger partial charge in [-0.3, -0.25) is 14.6 Å². The molecule has 0 saturated carbocycles. The number of aromatic nitrogens is 1. The molecule has 6 nitrogen and oxygen atoms in total. The lowest BCUT2D eigenvalue weighted by atomic mass is 9.95. The number of fused-ring (bicyclic) bond motifs is 1. The van der Waals surface area contributed by atoms with Crippen molar-refractivity contribution in [2.45, 2.75) is 19.4 Å². The number of hydrogen-bond donors (Lipinski definition) is 1. The van der Waals surface area contributed by atoms with E-state index < -0.39 is 0 Å². The van der Waals surface area contributed by atoms with Gasteiger partial charge in [-0.25, -0.2) is 0 Å². The highest BCUT2D eigenvalue weighted by atomic mass is 16.1. The normalized spacial score (nSPS) is 18.4. The van der Waals surface area contributed by atoms with E-state index in [-0.39, 0.29) is 11.8 Å². The van der Waals surface area contributed by atoms with Gasteiger partial charge in [0.2, 0.25) is 5.91 Å². The van der Waals surface area contributed by atoms with Gasteiger partial charge in [-0.15, -0.1) is 0 Å². The van der Waals surface area contributed by atoms with Gasteiger partial charge in [0, 0.05) is 81.6 Å². The third-order valence-corrected chi connectivity index (χ3v) is 7.55. The van der Waals surface area contributed by atoms with E-state index in [1.165, 1.54) is 22.2 Å². The van der Waals surface area contributed by atoms with Gasteiger partial charge < -0.3 is 14.8 Å². The lowest BCUT2D eigenvalue weighted by Gasteiger charge is -2.36. The van der Waals surface area contributed by atoms with Crippen LogP contribution in [0.4, 0.5) is 5.69 Å². The maximum atomic E-state index is 12.8. The largest absolute Gasteiger partial charge is 0.369 e. The Morgan fingerprint density at radius 1 is 0.882 bits per heavy atom. The number of carbonyl (C=O) groups is 1. The van der Waals surface area contributed by atoms with Crippen molar-refractivity contribution in [3.05, 3.63) is 66.4 Å². The summed E-state index contributed by atoms with van der Waals surface area (Å²) in [5, 5.41) is 4.56. The summed E-state index contributed by atoms with van der Waals surface area (Å²) in [6, 6.07) is 19.2. The van der Waals surface area contributed by atoms with Gasteiger partial charge in [-0.1, -0.05) is 36.4 Å². The molecule has 2 aromatic carbocycles.